The van der Waals surface area contributed by atoms with E-state index >= 15 is 0 Å². The second kappa shape index (κ2) is 7.72. The van der Waals surface area contributed by atoms with Gasteiger partial charge in [-0.05, 0) is 37.3 Å². The number of hydrogen-bond acceptors (Lipinski definition) is 6. The lowest BCUT2D eigenvalue weighted by Crippen LogP contribution is -2.34. The summed E-state index contributed by atoms with van der Waals surface area (Å²) in [6.07, 6.45) is 4.18. The van der Waals surface area contributed by atoms with Crippen LogP contribution < -0.4 is 0 Å². The van der Waals surface area contributed by atoms with E-state index in [-0.39, 0.29) is 0 Å². The summed E-state index contributed by atoms with van der Waals surface area (Å²) in [6, 6.07) is 12.9. The van der Waals surface area contributed by atoms with Gasteiger partial charge >= 0.3 is 0 Å². The fraction of sp³-hybridized carbons (Fsp3) is 0.500. The summed E-state index contributed by atoms with van der Waals surface area (Å²) in [6.45, 7) is 8.02. The van der Waals surface area contributed by atoms with Gasteiger partial charge < -0.3 is 4.52 Å². The molecule has 2 atom stereocenters. The summed E-state index contributed by atoms with van der Waals surface area (Å²) in [5.41, 5.74) is 2.94. The average Bonchev–Trinajstić information content (AvgIpc) is 3.47. The van der Waals surface area contributed by atoms with Gasteiger partial charge in [0.15, 0.2) is 5.82 Å². The van der Waals surface area contributed by atoms with Crippen molar-refractivity contribution in [3.05, 3.63) is 65.6 Å². The molecule has 0 saturated carbocycles. The average molecular weight is 393 g/mol. The minimum absolute atomic E-state index is 0.310. The number of rotatable bonds is 7. The van der Waals surface area contributed by atoms with Crippen LogP contribution in [0.15, 0.2) is 47.1 Å². The number of benzene rings is 1. The Morgan fingerprint density at radius 1 is 1.10 bits per heavy atom. The second-order valence-corrected chi connectivity index (χ2v) is 8.70. The summed E-state index contributed by atoms with van der Waals surface area (Å²) >= 11 is 0. The largest absolute Gasteiger partial charge is 0.338 e. The van der Waals surface area contributed by atoms with E-state index in [0.717, 1.165) is 51.6 Å². The van der Waals surface area contributed by atoms with Crippen LogP contribution in [0.3, 0.4) is 0 Å². The Hall–Kier alpha value is -2.51. The zero-order valence-corrected chi connectivity index (χ0v) is 16.9. The van der Waals surface area contributed by atoms with Gasteiger partial charge in [-0.25, -0.2) is 0 Å². The quantitative estimate of drug-likeness (QED) is 0.666. The van der Waals surface area contributed by atoms with Crippen LogP contribution in [0.1, 0.15) is 29.4 Å². The highest BCUT2D eigenvalue weighted by molar-refractivity contribution is 5.16. The molecule has 7 nitrogen and oxygen atoms in total. The van der Waals surface area contributed by atoms with Gasteiger partial charge in [0.1, 0.15) is 0 Å². The second-order valence-electron chi connectivity index (χ2n) is 8.70. The van der Waals surface area contributed by atoms with Gasteiger partial charge in [-0.15, -0.1) is 0 Å². The maximum atomic E-state index is 5.38. The molecule has 4 heterocycles. The molecule has 2 aromatic heterocycles. The van der Waals surface area contributed by atoms with Crippen LogP contribution in [0, 0.1) is 18.3 Å². The summed E-state index contributed by atoms with van der Waals surface area (Å²) < 4.78 is 5.38. The molecule has 152 valence electrons. The van der Waals surface area contributed by atoms with Gasteiger partial charge in [0.2, 0.25) is 5.89 Å². The Labute approximate surface area is 171 Å². The number of hydrogen-bond donors (Lipinski definition) is 1. The summed E-state index contributed by atoms with van der Waals surface area (Å²) in [5, 5.41) is 11.2. The molecule has 0 radical (unpaired) electrons. The Morgan fingerprint density at radius 3 is 2.59 bits per heavy atom. The Balaban J connectivity index is 1.30. The van der Waals surface area contributed by atoms with Crippen molar-refractivity contribution in [3.8, 4) is 0 Å². The third-order valence-electron chi connectivity index (χ3n) is 6.54. The lowest BCUT2D eigenvalue weighted by atomic mass is 9.76. The summed E-state index contributed by atoms with van der Waals surface area (Å²) in [7, 11) is 0. The molecule has 2 aliphatic heterocycles. The molecule has 5 rings (SSSR count). The number of aromatic amines is 1. The van der Waals surface area contributed by atoms with Crippen molar-refractivity contribution >= 4 is 0 Å². The van der Waals surface area contributed by atoms with E-state index in [1.807, 2.05) is 13.1 Å². The topological polar surface area (TPSA) is 74.1 Å². The molecule has 3 aromatic rings. The number of aryl methyl sites for hydroxylation is 2. The van der Waals surface area contributed by atoms with Crippen molar-refractivity contribution in [1.29, 1.82) is 0 Å². The summed E-state index contributed by atoms with van der Waals surface area (Å²) in [4.78, 5) is 9.51. The third-order valence-corrected chi connectivity index (χ3v) is 6.54. The number of H-pyrrole nitrogens is 1. The van der Waals surface area contributed by atoms with Crippen LogP contribution >= 0.6 is 0 Å². The fourth-order valence-electron chi connectivity index (χ4n) is 5.25. The van der Waals surface area contributed by atoms with Crippen LogP contribution in [0.5, 0.6) is 0 Å². The minimum Gasteiger partial charge on any atom is -0.338 e. The molecular formula is C22H28N6O. The first kappa shape index (κ1) is 18.5. The highest BCUT2D eigenvalue weighted by atomic mass is 16.5. The highest BCUT2D eigenvalue weighted by Crippen LogP contribution is 2.46. The van der Waals surface area contributed by atoms with E-state index in [9.17, 15) is 0 Å². The Morgan fingerprint density at radius 2 is 1.90 bits per heavy atom. The number of fused-ring (bicyclic) bond motifs is 1. The zero-order valence-electron chi connectivity index (χ0n) is 16.9. The molecule has 1 aromatic carbocycles. The van der Waals surface area contributed by atoms with E-state index in [2.05, 4.69) is 66.5 Å². The third kappa shape index (κ3) is 3.97. The van der Waals surface area contributed by atoms with Crippen LogP contribution in [0.25, 0.3) is 0 Å². The minimum atomic E-state index is 0.310. The first-order valence-electron chi connectivity index (χ1n) is 10.4. The van der Waals surface area contributed by atoms with Crippen LogP contribution in [-0.4, -0.2) is 56.3 Å². The predicted molar refractivity (Wildman–Crippen MR) is 109 cm³/mol. The smallest absolute Gasteiger partial charge is 0.240 e. The molecule has 0 spiro atoms. The molecular weight excluding hydrogens is 364 g/mol. The van der Waals surface area contributed by atoms with Gasteiger partial charge in [0, 0.05) is 50.0 Å². The van der Waals surface area contributed by atoms with Crippen LogP contribution in [0.2, 0.25) is 0 Å². The maximum Gasteiger partial charge on any atom is 0.240 e. The molecule has 0 amide bonds. The van der Waals surface area contributed by atoms with Crippen molar-refractivity contribution in [2.75, 3.05) is 26.2 Å². The van der Waals surface area contributed by atoms with E-state index in [1.54, 1.807) is 0 Å². The lowest BCUT2D eigenvalue weighted by Gasteiger charge is -2.29. The number of nitrogens with one attached hydrogen (secondary N) is 1. The van der Waals surface area contributed by atoms with Gasteiger partial charge in [-0.2, -0.15) is 10.1 Å². The number of likely N-dealkylation sites (tertiary alicyclic amines) is 2. The van der Waals surface area contributed by atoms with Crippen molar-refractivity contribution in [1.82, 2.24) is 30.1 Å². The first-order valence-corrected chi connectivity index (χ1v) is 10.4. The van der Waals surface area contributed by atoms with Gasteiger partial charge in [-0.3, -0.25) is 14.9 Å². The first-order chi connectivity index (χ1) is 14.2. The van der Waals surface area contributed by atoms with Gasteiger partial charge in [0.05, 0.1) is 6.54 Å². The van der Waals surface area contributed by atoms with Crippen molar-refractivity contribution in [2.45, 2.75) is 32.9 Å². The van der Waals surface area contributed by atoms with Crippen LogP contribution in [-0.2, 0) is 19.5 Å². The maximum absolute atomic E-state index is 5.38. The van der Waals surface area contributed by atoms with E-state index in [4.69, 9.17) is 4.52 Å². The fourth-order valence-corrected chi connectivity index (χ4v) is 5.25. The van der Waals surface area contributed by atoms with Gasteiger partial charge in [0.25, 0.3) is 0 Å². The number of aromatic nitrogens is 4. The Bertz CT molecular complexity index is 924. The zero-order chi connectivity index (χ0) is 19.7. The molecule has 2 fully saturated rings. The standard InChI is InChI=1S/C22H28N6O/c1-17-24-21(29-26-17)14-28-12-19-11-27(13-20-8-10-23-25-20)15-22(19,16-28)9-7-18-5-3-2-4-6-18/h2-6,8,10,19H,7,9,11-16H2,1H3,(H,23,25). The van der Waals surface area contributed by atoms with E-state index < -0.39 is 0 Å². The SMILES string of the molecule is Cc1noc(CN2CC3CN(Cc4ccn[nH]4)CC3(CCc3ccccc3)C2)n1. The molecule has 0 aliphatic carbocycles. The monoisotopic (exact) mass is 392 g/mol. The van der Waals surface area contributed by atoms with Crippen LogP contribution in [0.4, 0.5) is 0 Å². The van der Waals surface area contributed by atoms with E-state index in [1.165, 1.54) is 17.7 Å². The van der Waals surface area contributed by atoms with Crippen molar-refractivity contribution in [3.63, 3.8) is 0 Å². The lowest BCUT2D eigenvalue weighted by molar-refractivity contribution is 0.183. The molecule has 0 bridgehead atoms. The normalized spacial score (nSPS) is 24.9. The molecule has 2 saturated heterocycles. The van der Waals surface area contributed by atoms with Gasteiger partial charge in [-0.1, -0.05) is 35.5 Å². The molecule has 2 unspecified atom stereocenters. The highest BCUT2D eigenvalue weighted by Gasteiger charge is 2.51. The Kier molecular flexibility index (Phi) is 4.93. The molecule has 1 N–H and O–H groups in total. The molecule has 7 heteroatoms. The summed E-state index contributed by atoms with van der Waals surface area (Å²) in [5.74, 6) is 2.11. The molecule has 2 aliphatic rings. The molecule has 29 heavy (non-hydrogen) atoms. The van der Waals surface area contributed by atoms with Crippen molar-refractivity contribution < 1.29 is 4.52 Å². The van der Waals surface area contributed by atoms with E-state index in [0.29, 0.717) is 17.2 Å². The van der Waals surface area contributed by atoms with Crippen molar-refractivity contribution in [2.24, 2.45) is 11.3 Å². The predicted octanol–water partition coefficient (Wildman–Crippen LogP) is 2.67. The number of nitrogens with zero attached hydrogens (tertiary/aromatic N) is 5.